The summed E-state index contributed by atoms with van der Waals surface area (Å²) < 4.78 is 56.1. The number of benzene rings is 3. The molecule has 0 heterocycles. The lowest BCUT2D eigenvalue weighted by Gasteiger charge is -2.32. The highest BCUT2D eigenvalue weighted by atomic mass is 32.2. The highest BCUT2D eigenvalue weighted by molar-refractivity contribution is 7.92. The lowest BCUT2D eigenvalue weighted by Crippen LogP contribution is -2.52. The van der Waals surface area contributed by atoms with Crippen LogP contribution < -0.4 is 9.62 Å². The Hall–Kier alpha value is -3.79. The third-order valence-corrected chi connectivity index (χ3v) is 7.41. The number of amides is 2. The van der Waals surface area contributed by atoms with Crippen LogP contribution in [0.1, 0.15) is 26.3 Å². The standard InChI is InChI=1S/C27H29F2N3O4S/c1-19(2)30-27(34)20(3)31(17-21-9-7-8-12-25(21)29)26(33)18-32(23-15-13-22(28)14-16-23)37(35,36)24-10-5-4-6-11-24/h4-16,19-20H,17-18H2,1-3H3,(H,30,34)/t20-/m0/s1. The fraction of sp³-hybridized carbons (Fsp3) is 0.259. The average Bonchev–Trinajstić information content (AvgIpc) is 2.87. The quantitative estimate of drug-likeness (QED) is 0.429. The molecule has 10 heteroatoms. The molecule has 0 aromatic heterocycles. The highest BCUT2D eigenvalue weighted by Crippen LogP contribution is 2.25. The molecule has 0 fully saturated rings. The highest BCUT2D eigenvalue weighted by Gasteiger charge is 2.33. The van der Waals surface area contributed by atoms with E-state index >= 15 is 0 Å². The summed E-state index contributed by atoms with van der Waals surface area (Å²) in [4.78, 5) is 27.5. The Bertz CT molecular complexity index is 1330. The Morgan fingerprint density at radius 3 is 2.05 bits per heavy atom. The third-order valence-electron chi connectivity index (χ3n) is 5.62. The van der Waals surface area contributed by atoms with Gasteiger partial charge in [0.25, 0.3) is 10.0 Å². The van der Waals surface area contributed by atoms with E-state index in [1.165, 1.54) is 49.4 Å². The van der Waals surface area contributed by atoms with Gasteiger partial charge < -0.3 is 10.2 Å². The van der Waals surface area contributed by atoms with Gasteiger partial charge in [0.1, 0.15) is 24.2 Å². The zero-order valence-corrected chi connectivity index (χ0v) is 21.6. The van der Waals surface area contributed by atoms with E-state index in [1.807, 2.05) is 0 Å². The molecule has 0 aliphatic heterocycles. The van der Waals surface area contributed by atoms with Crippen LogP contribution in [0.2, 0.25) is 0 Å². The molecule has 3 aromatic rings. The van der Waals surface area contributed by atoms with Crippen LogP contribution in [0.25, 0.3) is 0 Å². The first kappa shape index (κ1) is 27.8. The molecule has 0 unspecified atom stereocenters. The van der Waals surface area contributed by atoms with Gasteiger partial charge in [0.2, 0.25) is 11.8 Å². The van der Waals surface area contributed by atoms with Crippen molar-refractivity contribution < 1.29 is 26.8 Å². The molecule has 0 spiro atoms. The van der Waals surface area contributed by atoms with Crippen molar-refractivity contribution >= 4 is 27.5 Å². The van der Waals surface area contributed by atoms with Crippen LogP contribution >= 0.6 is 0 Å². The topological polar surface area (TPSA) is 86.8 Å². The van der Waals surface area contributed by atoms with Gasteiger partial charge in [-0.15, -0.1) is 0 Å². The Kier molecular flexibility index (Phi) is 8.99. The normalized spacial score (nSPS) is 12.2. The van der Waals surface area contributed by atoms with Crippen molar-refractivity contribution in [1.82, 2.24) is 10.2 Å². The molecule has 7 nitrogen and oxygen atoms in total. The molecule has 0 saturated heterocycles. The van der Waals surface area contributed by atoms with Crippen molar-refractivity contribution in [3.05, 3.63) is 96.1 Å². The third kappa shape index (κ3) is 6.91. The number of nitrogens with zero attached hydrogens (tertiary/aromatic N) is 2. The lowest BCUT2D eigenvalue weighted by molar-refractivity contribution is -0.139. The number of carbonyl (C=O) groups is 2. The zero-order valence-electron chi connectivity index (χ0n) is 20.8. The molecular formula is C27H29F2N3O4S. The predicted octanol–water partition coefficient (Wildman–Crippen LogP) is 4.10. The van der Waals surface area contributed by atoms with Gasteiger partial charge in [-0.2, -0.15) is 0 Å². The van der Waals surface area contributed by atoms with E-state index in [0.717, 1.165) is 21.3 Å². The van der Waals surface area contributed by atoms with Gasteiger partial charge in [0.05, 0.1) is 10.6 Å². The van der Waals surface area contributed by atoms with Crippen molar-refractivity contribution in [2.45, 2.75) is 44.3 Å². The molecule has 3 rings (SSSR count). The summed E-state index contributed by atoms with van der Waals surface area (Å²) in [5.41, 5.74) is 0.225. The number of rotatable bonds is 10. The van der Waals surface area contributed by atoms with Crippen molar-refractivity contribution in [2.75, 3.05) is 10.8 Å². The maximum absolute atomic E-state index is 14.5. The molecule has 37 heavy (non-hydrogen) atoms. The van der Waals surface area contributed by atoms with Gasteiger partial charge in [-0.05, 0) is 63.2 Å². The number of nitrogens with one attached hydrogen (secondary N) is 1. The van der Waals surface area contributed by atoms with Crippen LogP contribution in [-0.4, -0.2) is 43.8 Å². The first-order valence-corrected chi connectivity index (χ1v) is 13.1. The predicted molar refractivity (Wildman–Crippen MR) is 137 cm³/mol. The molecule has 3 aromatic carbocycles. The summed E-state index contributed by atoms with van der Waals surface area (Å²) in [5, 5.41) is 2.73. The smallest absolute Gasteiger partial charge is 0.264 e. The van der Waals surface area contributed by atoms with Crippen molar-refractivity contribution in [3.63, 3.8) is 0 Å². The number of anilines is 1. The SMILES string of the molecule is CC(C)NC(=O)[C@H](C)N(Cc1ccccc1F)C(=O)CN(c1ccc(F)cc1)S(=O)(=O)c1ccccc1. The molecule has 0 aliphatic carbocycles. The zero-order chi connectivity index (χ0) is 27.2. The van der Waals surface area contributed by atoms with E-state index in [2.05, 4.69) is 5.32 Å². The second kappa shape index (κ2) is 12.0. The van der Waals surface area contributed by atoms with E-state index in [4.69, 9.17) is 0 Å². The van der Waals surface area contributed by atoms with Crippen LogP contribution in [0.3, 0.4) is 0 Å². The molecule has 0 saturated carbocycles. The fourth-order valence-corrected chi connectivity index (χ4v) is 5.09. The number of carbonyl (C=O) groups excluding carboxylic acids is 2. The van der Waals surface area contributed by atoms with Gasteiger partial charge in [-0.3, -0.25) is 13.9 Å². The maximum Gasteiger partial charge on any atom is 0.264 e. The maximum atomic E-state index is 14.5. The molecule has 0 bridgehead atoms. The van der Waals surface area contributed by atoms with Crippen LogP contribution in [0, 0.1) is 11.6 Å². The average molecular weight is 530 g/mol. The number of halogens is 2. The molecule has 1 atom stereocenters. The molecule has 196 valence electrons. The summed E-state index contributed by atoms with van der Waals surface area (Å²) in [6.45, 7) is 4.05. The van der Waals surface area contributed by atoms with Gasteiger partial charge in [0, 0.05) is 18.2 Å². The summed E-state index contributed by atoms with van der Waals surface area (Å²) >= 11 is 0. The summed E-state index contributed by atoms with van der Waals surface area (Å²) in [6, 6.07) is 16.7. The van der Waals surface area contributed by atoms with Crippen molar-refractivity contribution in [3.8, 4) is 0 Å². The van der Waals surface area contributed by atoms with Gasteiger partial charge in [-0.25, -0.2) is 17.2 Å². The number of hydrogen-bond acceptors (Lipinski definition) is 4. The van der Waals surface area contributed by atoms with Crippen LogP contribution in [0.4, 0.5) is 14.5 Å². The summed E-state index contributed by atoms with van der Waals surface area (Å²) in [5.74, 6) is -2.35. The van der Waals surface area contributed by atoms with E-state index in [1.54, 1.807) is 38.1 Å². The second-order valence-electron chi connectivity index (χ2n) is 8.75. The largest absolute Gasteiger partial charge is 0.352 e. The van der Waals surface area contributed by atoms with Crippen LogP contribution in [0.5, 0.6) is 0 Å². The summed E-state index contributed by atoms with van der Waals surface area (Å²) in [7, 11) is -4.25. The Morgan fingerprint density at radius 2 is 1.46 bits per heavy atom. The van der Waals surface area contributed by atoms with E-state index < -0.39 is 46.1 Å². The lowest BCUT2D eigenvalue weighted by atomic mass is 10.1. The van der Waals surface area contributed by atoms with Gasteiger partial charge >= 0.3 is 0 Å². The van der Waals surface area contributed by atoms with E-state index in [-0.39, 0.29) is 28.7 Å². The molecule has 1 N–H and O–H groups in total. The molecule has 2 amide bonds. The second-order valence-corrected chi connectivity index (χ2v) is 10.6. The van der Waals surface area contributed by atoms with Crippen molar-refractivity contribution in [1.29, 1.82) is 0 Å². The number of hydrogen-bond donors (Lipinski definition) is 1. The first-order chi connectivity index (χ1) is 17.5. The minimum absolute atomic E-state index is 0.0590. The minimum Gasteiger partial charge on any atom is -0.352 e. The Labute approximate surface area is 215 Å². The van der Waals surface area contributed by atoms with E-state index in [9.17, 15) is 26.8 Å². The van der Waals surface area contributed by atoms with Crippen LogP contribution in [0.15, 0.2) is 83.8 Å². The Morgan fingerprint density at radius 1 is 0.865 bits per heavy atom. The van der Waals surface area contributed by atoms with Crippen LogP contribution in [-0.2, 0) is 26.2 Å². The first-order valence-electron chi connectivity index (χ1n) is 11.7. The van der Waals surface area contributed by atoms with E-state index in [0.29, 0.717) is 0 Å². The molecule has 0 aliphatic rings. The molecular weight excluding hydrogens is 500 g/mol. The molecule has 0 radical (unpaired) electrons. The number of sulfonamides is 1. The van der Waals surface area contributed by atoms with Gasteiger partial charge in [-0.1, -0.05) is 36.4 Å². The van der Waals surface area contributed by atoms with Crippen molar-refractivity contribution in [2.24, 2.45) is 0 Å². The minimum atomic E-state index is -4.25. The summed E-state index contributed by atoms with van der Waals surface area (Å²) in [6.07, 6.45) is 0. The fourth-order valence-electron chi connectivity index (χ4n) is 3.65. The Balaban J connectivity index is 2.02. The van der Waals surface area contributed by atoms with Gasteiger partial charge in [0.15, 0.2) is 0 Å². The monoisotopic (exact) mass is 529 g/mol.